The van der Waals surface area contributed by atoms with Gasteiger partial charge in [-0.3, -0.25) is 0 Å². The highest BCUT2D eigenvalue weighted by molar-refractivity contribution is 7.91. The van der Waals surface area contributed by atoms with Crippen molar-refractivity contribution in [3.05, 3.63) is 0 Å². The maximum Gasteiger partial charge on any atom is 0.150 e. The van der Waals surface area contributed by atoms with Crippen LogP contribution in [0, 0.1) is 5.92 Å². The lowest BCUT2D eigenvalue weighted by Gasteiger charge is -2.24. The van der Waals surface area contributed by atoms with E-state index in [1.54, 1.807) is 0 Å². The second-order valence-electron chi connectivity index (χ2n) is 4.18. The third-order valence-corrected chi connectivity index (χ3v) is 4.44. The minimum atomic E-state index is -2.82. The maximum atomic E-state index is 11.5. The molecule has 0 amide bonds. The van der Waals surface area contributed by atoms with Gasteiger partial charge in [0.25, 0.3) is 0 Å². The van der Waals surface area contributed by atoms with E-state index in [9.17, 15) is 8.42 Å². The van der Waals surface area contributed by atoms with Gasteiger partial charge in [-0.25, -0.2) is 8.42 Å². The van der Waals surface area contributed by atoms with Gasteiger partial charge in [-0.1, -0.05) is 6.42 Å². The molecule has 0 aromatic rings. The Morgan fingerprint density at radius 1 is 1.46 bits per heavy atom. The molecule has 0 aromatic carbocycles. The molecule has 1 unspecified atom stereocenters. The molecule has 1 saturated carbocycles. The van der Waals surface area contributed by atoms with Crippen LogP contribution >= 0.6 is 0 Å². The highest BCUT2D eigenvalue weighted by atomic mass is 32.2. The lowest BCUT2D eigenvalue weighted by Crippen LogP contribution is -2.26. The normalized spacial score (nSPS) is 21.1. The molecule has 0 saturated heterocycles. The molecule has 0 radical (unpaired) electrons. The predicted octanol–water partition coefficient (Wildman–Crippen LogP) is 0.939. The van der Waals surface area contributed by atoms with Crippen LogP contribution in [-0.4, -0.2) is 26.0 Å². The molecule has 0 spiro atoms. The Morgan fingerprint density at radius 3 is 2.46 bits per heavy atom. The smallest absolute Gasteiger partial charge is 0.150 e. The zero-order valence-corrected chi connectivity index (χ0v) is 9.02. The molecule has 1 fully saturated rings. The minimum Gasteiger partial charge on any atom is -0.328 e. The second kappa shape index (κ2) is 4.42. The van der Waals surface area contributed by atoms with Gasteiger partial charge in [0.05, 0.1) is 11.5 Å². The Labute approximate surface area is 80.6 Å². The standard InChI is InChI=1S/C9H19NO2S/c1-8(10)5-6-13(11,12)7-9-3-2-4-9/h8-9H,2-7,10H2,1H3. The molecule has 3 nitrogen and oxygen atoms in total. The lowest BCUT2D eigenvalue weighted by atomic mass is 9.87. The molecular formula is C9H19NO2S. The lowest BCUT2D eigenvalue weighted by molar-refractivity contribution is 0.347. The van der Waals surface area contributed by atoms with E-state index < -0.39 is 9.84 Å². The van der Waals surface area contributed by atoms with Crippen LogP contribution in [0.4, 0.5) is 0 Å². The summed E-state index contributed by atoms with van der Waals surface area (Å²) in [5.74, 6) is 1.10. The van der Waals surface area contributed by atoms with Crippen molar-refractivity contribution in [2.75, 3.05) is 11.5 Å². The van der Waals surface area contributed by atoms with E-state index in [1.165, 1.54) is 6.42 Å². The summed E-state index contributed by atoms with van der Waals surface area (Å²) in [6.45, 7) is 1.85. The molecule has 1 aliphatic rings. The predicted molar refractivity (Wildman–Crippen MR) is 54.3 cm³/mol. The van der Waals surface area contributed by atoms with Crippen LogP contribution in [0.1, 0.15) is 32.6 Å². The van der Waals surface area contributed by atoms with Crippen LogP contribution < -0.4 is 5.73 Å². The molecule has 2 N–H and O–H groups in total. The van der Waals surface area contributed by atoms with E-state index in [-0.39, 0.29) is 11.8 Å². The Kier molecular flexibility index (Phi) is 3.74. The van der Waals surface area contributed by atoms with Crippen molar-refractivity contribution in [1.29, 1.82) is 0 Å². The first-order chi connectivity index (χ1) is 5.99. The van der Waals surface area contributed by atoms with Crippen molar-refractivity contribution >= 4 is 9.84 Å². The Morgan fingerprint density at radius 2 is 2.08 bits per heavy atom. The fourth-order valence-corrected chi connectivity index (χ4v) is 3.42. The van der Waals surface area contributed by atoms with Gasteiger partial charge in [-0.15, -0.1) is 0 Å². The molecule has 0 bridgehead atoms. The van der Waals surface area contributed by atoms with E-state index in [0.29, 0.717) is 18.1 Å². The fourth-order valence-electron chi connectivity index (χ4n) is 1.47. The van der Waals surface area contributed by atoms with Gasteiger partial charge in [0, 0.05) is 6.04 Å². The molecule has 0 aliphatic heterocycles. The Hall–Kier alpha value is -0.0900. The molecule has 1 aliphatic carbocycles. The molecule has 4 heteroatoms. The molecule has 78 valence electrons. The summed E-state index contributed by atoms with van der Waals surface area (Å²) in [5.41, 5.74) is 5.51. The monoisotopic (exact) mass is 205 g/mol. The minimum absolute atomic E-state index is 0.00355. The topological polar surface area (TPSA) is 60.2 Å². The van der Waals surface area contributed by atoms with Gasteiger partial charge < -0.3 is 5.73 Å². The van der Waals surface area contributed by atoms with Crippen molar-refractivity contribution in [1.82, 2.24) is 0 Å². The third-order valence-electron chi connectivity index (χ3n) is 2.60. The summed E-state index contributed by atoms with van der Waals surface area (Å²) in [4.78, 5) is 0. The summed E-state index contributed by atoms with van der Waals surface area (Å²) in [6.07, 6.45) is 3.98. The van der Waals surface area contributed by atoms with Crippen molar-refractivity contribution in [3.63, 3.8) is 0 Å². The number of hydrogen-bond donors (Lipinski definition) is 1. The summed E-state index contributed by atoms with van der Waals surface area (Å²) in [7, 11) is -2.82. The first kappa shape index (κ1) is 11.0. The van der Waals surface area contributed by atoms with Gasteiger partial charge in [0.2, 0.25) is 0 Å². The van der Waals surface area contributed by atoms with E-state index in [0.717, 1.165) is 12.8 Å². The van der Waals surface area contributed by atoms with Gasteiger partial charge >= 0.3 is 0 Å². The van der Waals surface area contributed by atoms with Crippen LogP contribution in [0.5, 0.6) is 0 Å². The maximum absolute atomic E-state index is 11.5. The zero-order valence-electron chi connectivity index (χ0n) is 8.20. The van der Waals surface area contributed by atoms with Gasteiger partial charge in [0.1, 0.15) is 0 Å². The van der Waals surface area contributed by atoms with E-state index in [2.05, 4.69) is 0 Å². The molecule has 1 atom stereocenters. The first-order valence-corrected chi connectivity index (χ1v) is 6.78. The number of sulfone groups is 1. The molecular weight excluding hydrogens is 186 g/mol. The second-order valence-corrected chi connectivity index (χ2v) is 6.41. The van der Waals surface area contributed by atoms with Gasteiger partial charge in [-0.2, -0.15) is 0 Å². The summed E-state index contributed by atoms with van der Waals surface area (Å²) in [5, 5.41) is 0. The summed E-state index contributed by atoms with van der Waals surface area (Å²) in [6, 6.07) is -0.00355. The van der Waals surface area contributed by atoms with Crippen LogP contribution in [0.3, 0.4) is 0 Å². The average Bonchev–Trinajstić information content (AvgIpc) is 1.94. The largest absolute Gasteiger partial charge is 0.328 e. The highest BCUT2D eigenvalue weighted by Gasteiger charge is 2.24. The molecule has 0 aromatic heterocycles. The van der Waals surface area contributed by atoms with Crippen LogP contribution in [0.2, 0.25) is 0 Å². The molecule has 0 heterocycles. The van der Waals surface area contributed by atoms with Crippen molar-refractivity contribution in [2.24, 2.45) is 11.7 Å². The fraction of sp³-hybridized carbons (Fsp3) is 1.00. The highest BCUT2D eigenvalue weighted by Crippen LogP contribution is 2.27. The Bertz CT molecular complexity index is 242. The quantitative estimate of drug-likeness (QED) is 0.726. The molecule has 1 rings (SSSR count). The van der Waals surface area contributed by atoms with Gasteiger partial charge in [-0.05, 0) is 32.1 Å². The first-order valence-electron chi connectivity index (χ1n) is 4.95. The summed E-state index contributed by atoms with van der Waals surface area (Å²) < 4.78 is 23.0. The van der Waals surface area contributed by atoms with E-state index >= 15 is 0 Å². The third kappa shape index (κ3) is 4.09. The van der Waals surface area contributed by atoms with Crippen molar-refractivity contribution in [3.8, 4) is 0 Å². The number of hydrogen-bond acceptors (Lipinski definition) is 3. The zero-order chi connectivity index (χ0) is 9.90. The average molecular weight is 205 g/mol. The van der Waals surface area contributed by atoms with Crippen LogP contribution in [0.15, 0.2) is 0 Å². The van der Waals surface area contributed by atoms with Gasteiger partial charge in [0.15, 0.2) is 9.84 Å². The Balaban J connectivity index is 2.28. The van der Waals surface area contributed by atoms with Crippen LogP contribution in [0.25, 0.3) is 0 Å². The van der Waals surface area contributed by atoms with Crippen molar-refractivity contribution in [2.45, 2.75) is 38.6 Å². The van der Waals surface area contributed by atoms with E-state index in [4.69, 9.17) is 5.73 Å². The van der Waals surface area contributed by atoms with E-state index in [1.807, 2.05) is 6.92 Å². The summed E-state index contributed by atoms with van der Waals surface area (Å²) >= 11 is 0. The number of rotatable bonds is 5. The SMILES string of the molecule is CC(N)CCS(=O)(=O)CC1CCC1. The van der Waals surface area contributed by atoms with Crippen LogP contribution in [-0.2, 0) is 9.84 Å². The van der Waals surface area contributed by atoms with Crippen molar-refractivity contribution < 1.29 is 8.42 Å². The molecule has 13 heavy (non-hydrogen) atoms. The number of nitrogens with two attached hydrogens (primary N) is 1.